The van der Waals surface area contributed by atoms with E-state index in [0.29, 0.717) is 98.8 Å². The van der Waals surface area contributed by atoms with E-state index in [-0.39, 0.29) is 63.6 Å². The first-order chi connectivity index (χ1) is 51.4. The van der Waals surface area contributed by atoms with Crippen molar-refractivity contribution in [1.29, 1.82) is 0 Å². The maximum atomic E-state index is 12.8. The summed E-state index contributed by atoms with van der Waals surface area (Å²) in [7, 11) is 2.64. The van der Waals surface area contributed by atoms with E-state index in [4.69, 9.17) is 61.1 Å². The number of carbonyl (C=O) groups is 6. The molecule has 9 aromatic carbocycles. The third-order valence-electron chi connectivity index (χ3n) is 17.9. The Labute approximate surface area is 631 Å². The van der Waals surface area contributed by atoms with Crippen LogP contribution in [0.25, 0.3) is 32.3 Å². The quantitative estimate of drug-likeness (QED) is 0.0408. The Morgan fingerprint density at radius 2 is 0.651 bits per heavy atom. The monoisotopic (exact) mass is 1490 g/mol. The van der Waals surface area contributed by atoms with Crippen LogP contribution >= 0.6 is 46.4 Å². The van der Waals surface area contributed by atoms with Gasteiger partial charge in [0.1, 0.15) is 49.7 Å². The van der Waals surface area contributed by atoms with Crippen LogP contribution in [-0.2, 0) is 62.4 Å². The number of anilines is 5. The van der Waals surface area contributed by atoms with E-state index in [1.54, 1.807) is 6.07 Å². The first-order valence-electron chi connectivity index (χ1n) is 34.2. The van der Waals surface area contributed by atoms with Crippen molar-refractivity contribution >= 4 is 143 Å². The molecular weight excluding hydrogens is 1420 g/mol. The molecule has 0 atom stereocenters. The molecule has 12 aromatic rings. The third-order valence-corrected chi connectivity index (χ3v) is 19.2. The summed E-state index contributed by atoms with van der Waals surface area (Å²) in [6, 6.07) is 63.1. The number of ether oxygens (including phenoxy) is 2. The van der Waals surface area contributed by atoms with Gasteiger partial charge >= 0.3 is 17.9 Å². The summed E-state index contributed by atoms with van der Waals surface area (Å²) in [5.74, 6) is 0.520. The molecule has 0 aliphatic carbocycles. The Balaban J connectivity index is 0.000000149. The number of fused-ring (bicyclic) bond motifs is 3. The number of rotatable bonds is 20. The number of aromatic nitrogens is 6. The van der Waals surface area contributed by atoms with Crippen LogP contribution in [0, 0.1) is 0 Å². The average Bonchev–Trinajstić information content (AvgIpc) is 1.37. The van der Waals surface area contributed by atoms with E-state index in [1.165, 1.54) is 14.2 Å². The lowest BCUT2D eigenvalue weighted by Gasteiger charge is -2.21. The largest absolute Gasteiger partial charge is 0.481 e. The van der Waals surface area contributed by atoms with Crippen molar-refractivity contribution in [1.82, 2.24) is 29.9 Å². The number of aliphatic carboxylic acids is 1. The molecule has 5 heterocycles. The minimum Gasteiger partial charge on any atom is -0.481 e. The molecular formula is C82H71Cl4N11O9. The molecule has 2 fully saturated rings. The fourth-order valence-electron chi connectivity index (χ4n) is 12.4. The van der Waals surface area contributed by atoms with Gasteiger partial charge in [0.2, 0.25) is 0 Å². The molecule has 0 saturated carbocycles. The van der Waals surface area contributed by atoms with E-state index in [2.05, 4.69) is 50.4 Å². The molecule has 20 nitrogen and oxygen atoms in total. The molecule has 2 aliphatic heterocycles. The Hall–Kier alpha value is -11.4. The summed E-state index contributed by atoms with van der Waals surface area (Å²) >= 11 is 25.3. The number of carboxylic acids is 1. The summed E-state index contributed by atoms with van der Waals surface area (Å²) in [6.45, 7) is 3.38. The molecule has 2 saturated heterocycles. The van der Waals surface area contributed by atoms with Crippen LogP contribution in [0.2, 0.25) is 20.6 Å². The zero-order chi connectivity index (χ0) is 74.2. The molecule has 14 rings (SSSR count). The second-order valence-corrected chi connectivity index (χ2v) is 26.7. The van der Waals surface area contributed by atoms with Crippen molar-refractivity contribution in [3.05, 3.63) is 288 Å². The molecule has 0 unspecified atom stereocenters. The summed E-state index contributed by atoms with van der Waals surface area (Å²) in [4.78, 5) is 104. The third kappa shape index (κ3) is 19.3. The van der Waals surface area contributed by atoms with Crippen LogP contribution in [0.15, 0.2) is 200 Å². The first-order valence-corrected chi connectivity index (χ1v) is 35.7. The summed E-state index contributed by atoms with van der Waals surface area (Å²) < 4.78 is 9.47. The highest BCUT2D eigenvalue weighted by Gasteiger charge is 2.26. The van der Waals surface area contributed by atoms with Crippen molar-refractivity contribution in [2.75, 3.05) is 66.1 Å². The van der Waals surface area contributed by atoms with Gasteiger partial charge in [0.15, 0.2) is 0 Å². The lowest BCUT2D eigenvalue weighted by molar-refractivity contribution is -0.140. The number of nitrogens with zero attached hydrogens (tertiary/aromatic N) is 8. The van der Waals surface area contributed by atoms with Crippen LogP contribution in [-0.4, -0.2) is 111 Å². The molecule has 3 amide bonds. The van der Waals surface area contributed by atoms with Gasteiger partial charge < -0.3 is 40.3 Å². The van der Waals surface area contributed by atoms with Crippen LogP contribution < -0.4 is 25.8 Å². The van der Waals surface area contributed by atoms with Crippen LogP contribution in [0.1, 0.15) is 108 Å². The highest BCUT2D eigenvalue weighted by molar-refractivity contribution is 6.35. The van der Waals surface area contributed by atoms with E-state index >= 15 is 0 Å². The number of methoxy groups -OCH3 is 2. The predicted octanol–water partition coefficient (Wildman–Crippen LogP) is 16.3. The standard InChI is InChI=1S/C29H27ClN4O3.C28H25ClN4O3.C25H19Cl2N3O3/c1-37-26(35)18-24-27(30)32-25(33-28(24)34-14-4-5-15-34)16-19-8-12-23(13-9-19)31-29(36)22-11-10-20-6-2-3-7-21(20)17-22;29-26-23(17-25(34)35)27(33-13-3-4-14-33)32-24(31-26)15-18-7-11-22(12-8-18)30-28(36)21-10-9-19-5-1-2-6-20(19)16-21;1-33-22(31)14-20-23(26)29-21(30-24(20)27)12-15-6-10-19(11-7-15)28-25(32)18-9-8-16-4-2-3-5-17(16)13-18/h2-3,6-13,17H,4-5,14-16,18H2,1H3,(H,31,36);1-2,5-12,16H,3-4,13-15,17H2,(H,30,36)(H,34,35);2-11,13H,12,14H2,1H3,(H,28,32). The van der Waals surface area contributed by atoms with Crippen molar-refractivity contribution in [2.24, 2.45) is 0 Å². The van der Waals surface area contributed by atoms with Gasteiger partial charge in [0.25, 0.3) is 17.7 Å². The topological polar surface area (TPSA) is 261 Å². The Bertz CT molecular complexity index is 5230. The molecule has 0 radical (unpaired) electrons. The Morgan fingerprint density at radius 3 is 0.962 bits per heavy atom. The number of hydrogen-bond acceptors (Lipinski definition) is 16. The minimum absolute atomic E-state index is 0.0348. The number of amides is 3. The molecule has 3 aromatic heterocycles. The van der Waals surface area contributed by atoms with E-state index in [9.17, 15) is 33.9 Å². The van der Waals surface area contributed by atoms with Crippen LogP contribution in [0.5, 0.6) is 0 Å². The van der Waals surface area contributed by atoms with Gasteiger partial charge in [0.05, 0.1) is 33.5 Å². The van der Waals surface area contributed by atoms with Gasteiger partial charge in [-0.25, -0.2) is 29.9 Å². The fraction of sp³-hybridized carbons (Fsp3) is 0.195. The van der Waals surface area contributed by atoms with Crippen molar-refractivity contribution in [2.45, 2.75) is 64.2 Å². The second-order valence-electron chi connectivity index (χ2n) is 25.3. The zero-order valence-electron chi connectivity index (χ0n) is 57.8. The SMILES string of the molecule is COC(=O)Cc1c(Cl)nc(Cc2ccc(NC(=O)c3ccc4ccccc4c3)cc2)nc1Cl.COC(=O)Cc1c(Cl)nc(Cc2ccc(NC(=O)c3ccc4ccccc4c3)cc2)nc1N1CCCC1.O=C(O)Cc1c(Cl)nc(Cc2ccc(NC(=O)c3ccc4ccccc4c3)cc2)nc1N1CCCC1. The maximum Gasteiger partial charge on any atom is 0.310 e. The Kier molecular flexibility index (Phi) is 24.5. The van der Waals surface area contributed by atoms with Gasteiger partial charge in [0, 0.05) is 95.9 Å². The lowest BCUT2D eigenvalue weighted by Crippen LogP contribution is -2.23. The number of carboxylic acid groups (broad SMARTS) is 1. The molecule has 106 heavy (non-hydrogen) atoms. The highest BCUT2D eigenvalue weighted by Crippen LogP contribution is 2.32. The van der Waals surface area contributed by atoms with Gasteiger partial charge in [-0.3, -0.25) is 28.8 Å². The number of carbonyl (C=O) groups excluding carboxylic acids is 5. The summed E-state index contributed by atoms with van der Waals surface area (Å²) in [5, 5.41) is 25.1. The van der Waals surface area contributed by atoms with E-state index in [1.807, 2.05) is 194 Å². The maximum absolute atomic E-state index is 12.8. The summed E-state index contributed by atoms with van der Waals surface area (Å²) in [5.41, 5.74) is 8.08. The minimum atomic E-state index is -0.963. The van der Waals surface area contributed by atoms with Crippen molar-refractivity contribution in [3.63, 3.8) is 0 Å². The van der Waals surface area contributed by atoms with Gasteiger partial charge in [-0.15, -0.1) is 0 Å². The second kappa shape index (κ2) is 34.9. The van der Waals surface area contributed by atoms with Gasteiger partial charge in [-0.2, -0.15) is 0 Å². The molecule has 0 bridgehead atoms. The normalized spacial score (nSPS) is 12.4. The zero-order valence-corrected chi connectivity index (χ0v) is 60.8. The molecule has 0 spiro atoms. The smallest absolute Gasteiger partial charge is 0.310 e. The van der Waals surface area contributed by atoms with Crippen molar-refractivity contribution in [3.8, 4) is 0 Å². The number of nitrogens with one attached hydrogen (secondary N) is 3. The average molecular weight is 1500 g/mol. The van der Waals surface area contributed by atoms with Crippen LogP contribution in [0.3, 0.4) is 0 Å². The highest BCUT2D eigenvalue weighted by atomic mass is 35.5. The molecule has 4 N–H and O–H groups in total. The predicted molar refractivity (Wildman–Crippen MR) is 415 cm³/mol. The molecule has 2 aliphatic rings. The van der Waals surface area contributed by atoms with E-state index in [0.717, 1.165) is 101 Å². The molecule has 536 valence electrons. The summed E-state index contributed by atoms with van der Waals surface area (Å²) in [6.07, 6.45) is 5.24. The van der Waals surface area contributed by atoms with Crippen molar-refractivity contribution < 1.29 is 43.3 Å². The number of hydrogen-bond donors (Lipinski definition) is 4. The van der Waals surface area contributed by atoms with Crippen LogP contribution in [0.4, 0.5) is 28.7 Å². The lowest BCUT2D eigenvalue weighted by atomic mass is 10.1. The number of esters is 2. The Morgan fingerprint density at radius 1 is 0.368 bits per heavy atom. The van der Waals surface area contributed by atoms with E-state index < -0.39 is 11.9 Å². The van der Waals surface area contributed by atoms with Gasteiger partial charge in [-0.05, 0) is 147 Å². The fourth-order valence-corrected chi connectivity index (χ4v) is 13.4. The molecule has 24 heteroatoms. The van der Waals surface area contributed by atoms with Gasteiger partial charge in [-0.1, -0.05) is 174 Å². The number of benzene rings is 9. The first kappa shape index (κ1) is 74.3. The number of halogens is 4.